The number of rotatable bonds is 3. The molecule has 130 valence electrons. The maximum Gasteiger partial charge on any atom is 0.319 e. The zero-order valence-corrected chi connectivity index (χ0v) is 14.9. The lowest BCUT2D eigenvalue weighted by molar-refractivity contribution is -0.117. The quantitative estimate of drug-likeness (QED) is 0.875. The Labute approximate surface area is 152 Å². The van der Waals surface area contributed by atoms with Crippen LogP contribution in [-0.2, 0) is 4.79 Å². The van der Waals surface area contributed by atoms with E-state index in [0.29, 0.717) is 11.6 Å². The van der Waals surface area contributed by atoms with E-state index in [1.165, 1.54) is 0 Å². The van der Waals surface area contributed by atoms with Crippen molar-refractivity contribution in [1.29, 1.82) is 0 Å². The predicted molar refractivity (Wildman–Crippen MR) is 100 cm³/mol. The molecule has 0 unspecified atom stereocenters. The number of aryl methyl sites for hydroxylation is 2. The second-order valence-electron chi connectivity index (χ2n) is 6.36. The molecule has 0 saturated carbocycles. The third-order valence-electron chi connectivity index (χ3n) is 4.08. The first-order valence-electron chi connectivity index (χ1n) is 8.12. The fraction of sp³-hybridized carbons (Fsp3) is 0.263. The van der Waals surface area contributed by atoms with Crippen molar-refractivity contribution in [1.82, 2.24) is 5.32 Å². The molecule has 2 N–H and O–H groups in total. The number of carbonyl (C=O) groups excluding carboxylic acids is 2. The van der Waals surface area contributed by atoms with Gasteiger partial charge in [-0.05, 0) is 61.4 Å². The van der Waals surface area contributed by atoms with Gasteiger partial charge in [0.2, 0.25) is 5.91 Å². The van der Waals surface area contributed by atoms with Gasteiger partial charge in [0.15, 0.2) is 0 Å². The lowest BCUT2D eigenvalue weighted by Crippen LogP contribution is -2.39. The summed E-state index contributed by atoms with van der Waals surface area (Å²) in [7, 11) is 0. The van der Waals surface area contributed by atoms with E-state index in [-0.39, 0.29) is 24.4 Å². The van der Waals surface area contributed by atoms with E-state index in [4.69, 9.17) is 11.6 Å². The predicted octanol–water partition coefficient (Wildman–Crippen LogP) is 3.88. The average Bonchev–Trinajstić information content (AvgIpc) is 2.87. The molecule has 0 aromatic heterocycles. The summed E-state index contributed by atoms with van der Waals surface area (Å²) in [4.78, 5) is 26.1. The number of hydrogen-bond donors (Lipinski definition) is 2. The van der Waals surface area contributed by atoms with Crippen LogP contribution in [0.5, 0.6) is 0 Å². The molecule has 1 aliphatic heterocycles. The van der Waals surface area contributed by atoms with Gasteiger partial charge in [-0.25, -0.2) is 4.79 Å². The Balaban J connectivity index is 1.61. The molecule has 6 heteroatoms. The molecule has 1 heterocycles. The van der Waals surface area contributed by atoms with Crippen molar-refractivity contribution in [2.24, 2.45) is 0 Å². The molecule has 25 heavy (non-hydrogen) atoms. The van der Waals surface area contributed by atoms with Crippen molar-refractivity contribution in [3.8, 4) is 0 Å². The molecule has 3 amide bonds. The third kappa shape index (κ3) is 4.31. The van der Waals surface area contributed by atoms with Crippen LogP contribution < -0.4 is 15.5 Å². The number of benzene rings is 2. The summed E-state index contributed by atoms with van der Waals surface area (Å²) in [5, 5.41) is 6.32. The number of amides is 3. The number of anilines is 2. The Morgan fingerprint density at radius 2 is 1.76 bits per heavy atom. The first kappa shape index (κ1) is 17.3. The number of nitrogens with one attached hydrogen (secondary N) is 2. The third-order valence-corrected chi connectivity index (χ3v) is 4.33. The summed E-state index contributed by atoms with van der Waals surface area (Å²) in [6.45, 7) is 4.41. The van der Waals surface area contributed by atoms with E-state index in [0.717, 1.165) is 22.5 Å². The average molecular weight is 358 g/mol. The minimum Gasteiger partial charge on any atom is -0.333 e. The lowest BCUT2D eigenvalue weighted by atomic mass is 10.1. The van der Waals surface area contributed by atoms with Gasteiger partial charge in [-0.15, -0.1) is 0 Å². The number of hydrogen-bond acceptors (Lipinski definition) is 2. The van der Waals surface area contributed by atoms with Crippen molar-refractivity contribution in [3.05, 3.63) is 58.6 Å². The van der Waals surface area contributed by atoms with Crippen molar-refractivity contribution in [3.63, 3.8) is 0 Å². The molecule has 0 spiro atoms. The molecule has 0 bridgehead atoms. The molecular formula is C19H20ClN3O2. The second kappa shape index (κ2) is 7.15. The smallest absolute Gasteiger partial charge is 0.319 e. The largest absolute Gasteiger partial charge is 0.333 e. The molecular weight excluding hydrogens is 338 g/mol. The summed E-state index contributed by atoms with van der Waals surface area (Å²) >= 11 is 5.88. The SMILES string of the molecule is Cc1cc(C)cc(NC(=O)N[C@@H]2CC(=O)N(c3ccc(Cl)cc3)C2)c1. The molecule has 0 aliphatic carbocycles. The fourth-order valence-electron chi connectivity index (χ4n) is 3.07. The highest BCUT2D eigenvalue weighted by molar-refractivity contribution is 6.30. The Morgan fingerprint density at radius 3 is 2.40 bits per heavy atom. The summed E-state index contributed by atoms with van der Waals surface area (Å²) in [5.74, 6) is -0.0148. The van der Waals surface area contributed by atoms with Crippen molar-refractivity contribution >= 4 is 34.9 Å². The molecule has 1 saturated heterocycles. The van der Waals surface area contributed by atoms with Crippen LogP contribution in [0, 0.1) is 13.8 Å². The highest BCUT2D eigenvalue weighted by atomic mass is 35.5. The van der Waals surface area contributed by atoms with E-state index >= 15 is 0 Å². The summed E-state index contributed by atoms with van der Waals surface area (Å²) < 4.78 is 0. The fourth-order valence-corrected chi connectivity index (χ4v) is 3.20. The van der Waals surface area contributed by atoms with E-state index in [9.17, 15) is 9.59 Å². The maximum atomic E-state index is 12.2. The topological polar surface area (TPSA) is 61.4 Å². The van der Waals surface area contributed by atoms with Crippen LogP contribution in [0.15, 0.2) is 42.5 Å². The molecule has 1 aliphatic rings. The van der Waals surface area contributed by atoms with Gasteiger partial charge in [-0.3, -0.25) is 4.79 Å². The van der Waals surface area contributed by atoms with Crippen molar-refractivity contribution in [2.75, 3.05) is 16.8 Å². The van der Waals surface area contributed by atoms with Crippen LogP contribution in [0.1, 0.15) is 17.5 Å². The number of urea groups is 1. The van der Waals surface area contributed by atoms with E-state index in [1.54, 1.807) is 29.2 Å². The lowest BCUT2D eigenvalue weighted by Gasteiger charge is -2.17. The molecule has 3 rings (SSSR count). The van der Waals surface area contributed by atoms with Gasteiger partial charge in [-0.1, -0.05) is 17.7 Å². The normalized spacial score (nSPS) is 16.8. The zero-order chi connectivity index (χ0) is 18.0. The minimum absolute atomic E-state index is 0.0148. The Kier molecular flexibility index (Phi) is 4.95. The summed E-state index contributed by atoms with van der Waals surface area (Å²) in [5.41, 5.74) is 3.70. The van der Waals surface area contributed by atoms with Crippen LogP contribution >= 0.6 is 11.6 Å². The standard InChI is InChI=1S/C19H20ClN3O2/c1-12-7-13(2)9-15(8-12)21-19(25)22-16-10-18(24)23(11-16)17-5-3-14(20)4-6-17/h3-9,16H,10-11H2,1-2H3,(H2,21,22,25)/t16-/m1/s1. The summed E-state index contributed by atoms with van der Waals surface area (Å²) in [6.07, 6.45) is 0.281. The molecule has 1 atom stereocenters. The number of carbonyl (C=O) groups is 2. The summed E-state index contributed by atoms with van der Waals surface area (Å²) in [6, 6.07) is 12.4. The van der Waals surface area contributed by atoms with E-state index in [1.807, 2.05) is 32.0 Å². The molecule has 2 aromatic carbocycles. The van der Waals surface area contributed by atoms with Gasteiger partial charge in [0.1, 0.15) is 0 Å². The van der Waals surface area contributed by atoms with Gasteiger partial charge in [0.25, 0.3) is 0 Å². The van der Waals surface area contributed by atoms with E-state index < -0.39 is 0 Å². The zero-order valence-electron chi connectivity index (χ0n) is 14.2. The number of nitrogens with zero attached hydrogens (tertiary/aromatic N) is 1. The van der Waals surface area contributed by atoms with Gasteiger partial charge in [0, 0.05) is 29.4 Å². The Morgan fingerprint density at radius 1 is 1.12 bits per heavy atom. The molecule has 0 radical (unpaired) electrons. The first-order chi connectivity index (χ1) is 11.9. The van der Waals surface area contributed by atoms with Crippen LogP contribution in [0.2, 0.25) is 5.02 Å². The van der Waals surface area contributed by atoms with Crippen molar-refractivity contribution < 1.29 is 9.59 Å². The Hall–Kier alpha value is -2.53. The Bertz CT molecular complexity index is 785. The first-order valence-corrected chi connectivity index (χ1v) is 8.50. The minimum atomic E-state index is -0.305. The van der Waals surface area contributed by atoms with E-state index in [2.05, 4.69) is 10.6 Å². The van der Waals surface area contributed by atoms with Gasteiger partial charge >= 0.3 is 6.03 Å². The molecule has 5 nitrogen and oxygen atoms in total. The highest BCUT2D eigenvalue weighted by Gasteiger charge is 2.31. The van der Waals surface area contributed by atoms with Crippen LogP contribution in [0.25, 0.3) is 0 Å². The van der Waals surface area contributed by atoms with Crippen LogP contribution in [0.3, 0.4) is 0 Å². The second-order valence-corrected chi connectivity index (χ2v) is 6.79. The molecule has 2 aromatic rings. The van der Waals surface area contributed by atoms with Gasteiger partial charge < -0.3 is 15.5 Å². The highest BCUT2D eigenvalue weighted by Crippen LogP contribution is 2.23. The van der Waals surface area contributed by atoms with Crippen LogP contribution in [-0.4, -0.2) is 24.5 Å². The van der Waals surface area contributed by atoms with Crippen LogP contribution in [0.4, 0.5) is 16.2 Å². The van der Waals surface area contributed by atoms with Crippen molar-refractivity contribution in [2.45, 2.75) is 26.3 Å². The van der Waals surface area contributed by atoms with Gasteiger partial charge in [-0.2, -0.15) is 0 Å². The maximum absolute atomic E-state index is 12.2. The monoisotopic (exact) mass is 357 g/mol. The number of halogens is 1. The van der Waals surface area contributed by atoms with Gasteiger partial charge in [0.05, 0.1) is 6.04 Å². The molecule has 1 fully saturated rings.